The summed E-state index contributed by atoms with van der Waals surface area (Å²) in [5.74, 6) is 0. The Bertz CT molecular complexity index is 1170. The number of rotatable bonds is 3. The topological polar surface area (TPSA) is 51.7 Å². The fourth-order valence-electron chi connectivity index (χ4n) is 4.56. The molecule has 3 heterocycles. The van der Waals surface area contributed by atoms with E-state index in [1.807, 2.05) is 54.4 Å². The third-order valence-corrected chi connectivity index (χ3v) is 6.80. The van der Waals surface area contributed by atoms with E-state index >= 15 is 0 Å². The quantitative estimate of drug-likeness (QED) is 0.592. The Balaban J connectivity index is 1.32. The van der Waals surface area contributed by atoms with Crippen LogP contribution in [0.5, 0.6) is 0 Å². The highest BCUT2D eigenvalue weighted by Gasteiger charge is 2.28. The van der Waals surface area contributed by atoms with Crippen molar-refractivity contribution in [1.29, 1.82) is 0 Å². The van der Waals surface area contributed by atoms with Gasteiger partial charge in [0.15, 0.2) is 0 Å². The number of hydrogen-bond donors (Lipinski definition) is 1. The van der Waals surface area contributed by atoms with Gasteiger partial charge in [0.25, 0.3) is 0 Å². The first-order valence-electron chi connectivity index (χ1n) is 11.4. The number of benzene rings is 2. The second-order valence-electron chi connectivity index (χ2n) is 8.82. The van der Waals surface area contributed by atoms with Crippen molar-refractivity contribution < 1.29 is 4.79 Å². The summed E-state index contributed by atoms with van der Waals surface area (Å²) in [4.78, 5) is 23.9. The molecule has 0 aliphatic carbocycles. The standard InChI is InChI=1S/C26H28ClN5O/c1-18-15-20(7-9-28-18)19-3-5-22(6-4-19)29-26(33)32-10-8-21-16-23(27)25(17-24(21)32)31-13-11-30(2)12-14-31/h3-7,9,15-17H,8,10-14H2,1-2H3,(H,29,33). The number of pyridine rings is 1. The van der Waals surface area contributed by atoms with Crippen LogP contribution in [0.2, 0.25) is 5.02 Å². The number of aryl methyl sites for hydroxylation is 1. The summed E-state index contributed by atoms with van der Waals surface area (Å²) in [7, 11) is 2.14. The molecule has 0 saturated carbocycles. The van der Waals surface area contributed by atoms with E-state index in [4.69, 9.17) is 11.6 Å². The zero-order chi connectivity index (χ0) is 22.9. The maximum Gasteiger partial charge on any atom is 0.326 e. The van der Waals surface area contributed by atoms with Gasteiger partial charge in [0.1, 0.15) is 0 Å². The van der Waals surface area contributed by atoms with Crippen molar-refractivity contribution in [1.82, 2.24) is 9.88 Å². The van der Waals surface area contributed by atoms with Crippen LogP contribution in [0.25, 0.3) is 11.1 Å². The summed E-state index contributed by atoms with van der Waals surface area (Å²) >= 11 is 6.63. The van der Waals surface area contributed by atoms with Crippen LogP contribution in [0.1, 0.15) is 11.3 Å². The van der Waals surface area contributed by atoms with Gasteiger partial charge in [-0.05, 0) is 73.5 Å². The number of aromatic nitrogens is 1. The van der Waals surface area contributed by atoms with Gasteiger partial charge in [0, 0.05) is 50.3 Å². The highest BCUT2D eigenvalue weighted by molar-refractivity contribution is 6.33. The van der Waals surface area contributed by atoms with Crippen molar-refractivity contribution in [3.8, 4) is 11.1 Å². The summed E-state index contributed by atoms with van der Waals surface area (Å²) in [6, 6.07) is 16.0. The van der Waals surface area contributed by atoms with Crippen molar-refractivity contribution in [2.75, 3.05) is 54.9 Å². The van der Waals surface area contributed by atoms with Crippen molar-refractivity contribution in [2.45, 2.75) is 13.3 Å². The molecule has 5 rings (SSSR count). The van der Waals surface area contributed by atoms with Crippen LogP contribution in [0.3, 0.4) is 0 Å². The second-order valence-corrected chi connectivity index (χ2v) is 9.22. The summed E-state index contributed by atoms with van der Waals surface area (Å²) in [6.45, 7) is 6.51. The highest BCUT2D eigenvalue weighted by atomic mass is 35.5. The molecule has 0 spiro atoms. The predicted molar refractivity (Wildman–Crippen MR) is 136 cm³/mol. The number of likely N-dealkylation sites (N-methyl/N-ethyl adjacent to an activating group) is 1. The van der Waals surface area contributed by atoms with E-state index in [0.717, 1.165) is 77.1 Å². The fraction of sp³-hybridized carbons (Fsp3) is 0.308. The number of halogens is 1. The first kappa shape index (κ1) is 21.7. The van der Waals surface area contributed by atoms with E-state index in [9.17, 15) is 4.79 Å². The van der Waals surface area contributed by atoms with E-state index in [1.165, 1.54) is 0 Å². The SMILES string of the molecule is Cc1cc(-c2ccc(NC(=O)N3CCc4cc(Cl)c(N5CCN(C)CC5)cc43)cc2)ccn1. The Morgan fingerprint density at radius 3 is 2.42 bits per heavy atom. The lowest BCUT2D eigenvalue weighted by Crippen LogP contribution is -2.44. The minimum Gasteiger partial charge on any atom is -0.368 e. The van der Waals surface area contributed by atoms with Crippen LogP contribution in [-0.2, 0) is 6.42 Å². The number of carbonyl (C=O) groups excluding carboxylic acids is 1. The summed E-state index contributed by atoms with van der Waals surface area (Å²) in [5.41, 5.74) is 7.05. The molecule has 6 nitrogen and oxygen atoms in total. The molecular formula is C26H28ClN5O. The van der Waals surface area contributed by atoms with Gasteiger partial charge in [0.05, 0.1) is 16.4 Å². The number of urea groups is 1. The van der Waals surface area contributed by atoms with Crippen LogP contribution in [-0.4, -0.2) is 55.7 Å². The van der Waals surface area contributed by atoms with E-state index in [2.05, 4.69) is 39.3 Å². The zero-order valence-corrected chi connectivity index (χ0v) is 19.8. The molecule has 1 N–H and O–H groups in total. The van der Waals surface area contributed by atoms with Crippen molar-refractivity contribution in [2.24, 2.45) is 0 Å². The summed E-state index contributed by atoms with van der Waals surface area (Å²) < 4.78 is 0. The largest absolute Gasteiger partial charge is 0.368 e. The molecule has 0 radical (unpaired) electrons. The molecule has 33 heavy (non-hydrogen) atoms. The molecule has 0 unspecified atom stereocenters. The average Bonchev–Trinajstić information content (AvgIpc) is 3.22. The predicted octanol–water partition coefficient (Wildman–Crippen LogP) is 5.06. The average molecular weight is 462 g/mol. The Morgan fingerprint density at radius 2 is 1.70 bits per heavy atom. The first-order valence-corrected chi connectivity index (χ1v) is 11.7. The smallest absolute Gasteiger partial charge is 0.326 e. The van der Waals surface area contributed by atoms with Crippen LogP contribution < -0.4 is 15.1 Å². The second kappa shape index (κ2) is 9.04. The number of anilines is 3. The number of amides is 2. The maximum absolute atomic E-state index is 13.1. The molecule has 7 heteroatoms. The van der Waals surface area contributed by atoms with Gasteiger partial charge in [-0.25, -0.2) is 4.79 Å². The summed E-state index contributed by atoms with van der Waals surface area (Å²) in [6.07, 6.45) is 2.62. The lowest BCUT2D eigenvalue weighted by molar-refractivity contribution is 0.257. The Hall–Kier alpha value is -3.09. The monoisotopic (exact) mass is 461 g/mol. The van der Waals surface area contributed by atoms with Gasteiger partial charge in [-0.3, -0.25) is 9.88 Å². The van der Waals surface area contributed by atoms with E-state index < -0.39 is 0 Å². The number of piperazine rings is 1. The molecule has 0 bridgehead atoms. The molecule has 2 aliphatic heterocycles. The van der Waals surface area contributed by atoms with Gasteiger partial charge < -0.3 is 15.1 Å². The Morgan fingerprint density at radius 1 is 0.939 bits per heavy atom. The lowest BCUT2D eigenvalue weighted by atomic mass is 10.1. The van der Waals surface area contributed by atoms with Gasteiger partial charge in [-0.15, -0.1) is 0 Å². The van der Waals surface area contributed by atoms with Crippen LogP contribution in [0.15, 0.2) is 54.7 Å². The summed E-state index contributed by atoms with van der Waals surface area (Å²) in [5, 5.41) is 3.82. The Labute approximate surface area is 199 Å². The minimum atomic E-state index is -0.118. The third-order valence-electron chi connectivity index (χ3n) is 6.50. The van der Waals surface area contributed by atoms with Crippen molar-refractivity contribution in [3.63, 3.8) is 0 Å². The molecule has 2 aliphatic rings. The van der Waals surface area contributed by atoms with E-state index in [-0.39, 0.29) is 6.03 Å². The number of hydrogen-bond acceptors (Lipinski definition) is 4. The molecular weight excluding hydrogens is 434 g/mol. The molecule has 3 aromatic rings. The number of nitrogens with zero attached hydrogens (tertiary/aromatic N) is 4. The van der Waals surface area contributed by atoms with Gasteiger partial charge >= 0.3 is 6.03 Å². The normalized spacial score (nSPS) is 16.1. The number of carbonyl (C=O) groups is 1. The molecule has 2 aromatic carbocycles. The Kier molecular flexibility index (Phi) is 5.96. The highest BCUT2D eigenvalue weighted by Crippen LogP contribution is 2.38. The van der Waals surface area contributed by atoms with Crippen molar-refractivity contribution in [3.05, 3.63) is 71.0 Å². The first-order chi connectivity index (χ1) is 16.0. The molecule has 1 fully saturated rings. The van der Waals surface area contributed by atoms with E-state index in [1.54, 1.807) is 0 Å². The van der Waals surface area contributed by atoms with Crippen LogP contribution in [0.4, 0.5) is 21.9 Å². The maximum atomic E-state index is 13.1. The number of nitrogens with one attached hydrogen (secondary N) is 1. The van der Waals surface area contributed by atoms with Gasteiger partial charge in [-0.2, -0.15) is 0 Å². The third kappa shape index (κ3) is 4.54. The van der Waals surface area contributed by atoms with Gasteiger partial charge in [0.2, 0.25) is 0 Å². The fourth-order valence-corrected chi connectivity index (χ4v) is 4.86. The molecule has 1 saturated heterocycles. The van der Waals surface area contributed by atoms with Crippen LogP contribution >= 0.6 is 11.6 Å². The van der Waals surface area contributed by atoms with Crippen LogP contribution in [0, 0.1) is 6.92 Å². The van der Waals surface area contributed by atoms with E-state index in [0.29, 0.717) is 6.54 Å². The molecule has 1 aromatic heterocycles. The van der Waals surface area contributed by atoms with Gasteiger partial charge in [-0.1, -0.05) is 23.7 Å². The molecule has 170 valence electrons. The minimum absolute atomic E-state index is 0.118. The number of fused-ring (bicyclic) bond motifs is 1. The molecule has 2 amide bonds. The zero-order valence-electron chi connectivity index (χ0n) is 19.0. The molecule has 0 atom stereocenters. The van der Waals surface area contributed by atoms with Crippen molar-refractivity contribution >= 4 is 34.7 Å². The lowest BCUT2D eigenvalue weighted by Gasteiger charge is -2.35.